The molecule has 2 rings (SSSR count). The molecule has 23 heavy (non-hydrogen) atoms. The first-order chi connectivity index (χ1) is 11.0. The Labute approximate surface area is 142 Å². The summed E-state index contributed by atoms with van der Waals surface area (Å²) in [4.78, 5) is 12.3. The molecule has 0 atom stereocenters. The summed E-state index contributed by atoms with van der Waals surface area (Å²) in [6, 6.07) is 7.78. The molecule has 2 aromatic carbocycles. The van der Waals surface area contributed by atoms with E-state index in [1.807, 2.05) is 6.92 Å². The average Bonchev–Trinajstić information content (AvgIpc) is 2.51. The number of ether oxygens (including phenoxy) is 2. The molecule has 0 saturated carbocycles. The SMILES string of the molecule is CCOc1c(Br)cc(C(=O)Nc2ccc(C)cc2F)cc1OC. The second kappa shape index (κ2) is 7.46. The highest BCUT2D eigenvalue weighted by Gasteiger charge is 2.16. The number of hydrogen-bond donors (Lipinski definition) is 1. The molecule has 0 aliphatic carbocycles. The fraction of sp³-hybridized carbons (Fsp3) is 0.235. The molecule has 6 heteroatoms. The van der Waals surface area contributed by atoms with Crippen molar-refractivity contribution in [2.45, 2.75) is 13.8 Å². The van der Waals surface area contributed by atoms with Crippen molar-refractivity contribution >= 4 is 27.5 Å². The first kappa shape index (κ1) is 17.3. The van der Waals surface area contributed by atoms with E-state index in [0.29, 0.717) is 28.1 Å². The van der Waals surface area contributed by atoms with Gasteiger partial charge in [0.1, 0.15) is 5.82 Å². The number of aryl methyl sites for hydroxylation is 1. The van der Waals surface area contributed by atoms with Crippen LogP contribution in [0.15, 0.2) is 34.8 Å². The maximum absolute atomic E-state index is 13.8. The van der Waals surface area contributed by atoms with Crippen molar-refractivity contribution in [1.82, 2.24) is 0 Å². The number of rotatable bonds is 5. The van der Waals surface area contributed by atoms with Gasteiger partial charge in [0.15, 0.2) is 11.5 Å². The number of carbonyl (C=O) groups excluding carboxylic acids is 1. The van der Waals surface area contributed by atoms with Gasteiger partial charge in [-0.2, -0.15) is 0 Å². The van der Waals surface area contributed by atoms with Gasteiger partial charge < -0.3 is 14.8 Å². The van der Waals surface area contributed by atoms with Crippen molar-refractivity contribution < 1.29 is 18.7 Å². The third-order valence-corrected chi connectivity index (χ3v) is 3.74. The predicted octanol–water partition coefficient (Wildman–Crippen LogP) is 4.56. The van der Waals surface area contributed by atoms with E-state index < -0.39 is 11.7 Å². The molecule has 0 heterocycles. The van der Waals surface area contributed by atoms with Gasteiger partial charge in [0.2, 0.25) is 0 Å². The molecule has 0 saturated heterocycles. The molecule has 0 aromatic heterocycles. The molecule has 1 amide bonds. The van der Waals surface area contributed by atoms with Crippen LogP contribution in [0.3, 0.4) is 0 Å². The van der Waals surface area contributed by atoms with Crippen LogP contribution in [0.2, 0.25) is 0 Å². The summed E-state index contributed by atoms with van der Waals surface area (Å²) in [5, 5.41) is 2.55. The Bertz CT molecular complexity index is 734. The fourth-order valence-electron chi connectivity index (χ4n) is 2.05. The molecular weight excluding hydrogens is 365 g/mol. The van der Waals surface area contributed by atoms with Crippen LogP contribution in [-0.4, -0.2) is 19.6 Å². The Hall–Kier alpha value is -2.08. The Balaban J connectivity index is 2.30. The Kier molecular flexibility index (Phi) is 5.60. The number of benzene rings is 2. The van der Waals surface area contributed by atoms with Crippen LogP contribution >= 0.6 is 15.9 Å². The summed E-state index contributed by atoms with van der Waals surface area (Å²) >= 11 is 3.36. The molecule has 1 N–H and O–H groups in total. The zero-order valence-corrected chi connectivity index (χ0v) is 14.7. The van der Waals surface area contributed by atoms with Gasteiger partial charge in [-0.1, -0.05) is 6.07 Å². The quantitative estimate of drug-likeness (QED) is 0.825. The van der Waals surface area contributed by atoms with Crippen molar-refractivity contribution in [3.05, 3.63) is 51.7 Å². The minimum absolute atomic E-state index is 0.129. The normalized spacial score (nSPS) is 10.3. The number of carbonyl (C=O) groups is 1. The molecule has 122 valence electrons. The monoisotopic (exact) mass is 381 g/mol. The molecular formula is C17H17BrFNO3. The number of nitrogens with one attached hydrogen (secondary N) is 1. The molecule has 0 aliphatic rings. The third-order valence-electron chi connectivity index (χ3n) is 3.15. The number of halogens is 2. The maximum Gasteiger partial charge on any atom is 0.255 e. The summed E-state index contributed by atoms with van der Waals surface area (Å²) in [5.41, 5.74) is 1.24. The standard InChI is InChI=1S/C17H17BrFNO3/c1-4-23-16-12(18)8-11(9-15(16)22-3)17(21)20-14-6-5-10(2)7-13(14)19/h5-9H,4H2,1-3H3,(H,20,21). The summed E-state index contributed by atoms with van der Waals surface area (Å²) in [6.45, 7) is 4.10. The summed E-state index contributed by atoms with van der Waals surface area (Å²) in [6.07, 6.45) is 0. The van der Waals surface area contributed by atoms with E-state index in [-0.39, 0.29) is 5.69 Å². The van der Waals surface area contributed by atoms with Gasteiger partial charge in [-0.3, -0.25) is 4.79 Å². The van der Waals surface area contributed by atoms with E-state index in [1.165, 1.54) is 19.2 Å². The number of anilines is 1. The molecule has 0 unspecified atom stereocenters. The molecule has 0 spiro atoms. The van der Waals surface area contributed by atoms with E-state index in [9.17, 15) is 9.18 Å². The Morgan fingerprint density at radius 2 is 2.04 bits per heavy atom. The lowest BCUT2D eigenvalue weighted by Gasteiger charge is -2.13. The minimum atomic E-state index is -0.477. The van der Waals surface area contributed by atoms with Crippen molar-refractivity contribution in [3.8, 4) is 11.5 Å². The largest absolute Gasteiger partial charge is 0.493 e. The van der Waals surface area contributed by atoms with E-state index in [1.54, 1.807) is 25.1 Å². The van der Waals surface area contributed by atoms with Crippen LogP contribution in [-0.2, 0) is 0 Å². The second-order valence-electron chi connectivity index (χ2n) is 4.86. The molecule has 2 aromatic rings. The fourth-order valence-corrected chi connectivity index (χ4v) is 2.61. The zero-order valence-electron chi connectivity index (χ0n) is 13.1. The van der Waals surface area contributed by atoms with Gasteiger partial charge >= 0.3 is 0 Å². The highest BCUT2D eigenvalue weighted by atomic mass is 79.9. The van der Waals surface area contributed by atoms with Crippen LogP contribution in [0.25, 0.3) is 0 Å². The smallest absolute Gasteiger partial charge is 0.255 e. The lowest BCUT2D eigenvalue weighted by Crippen LogP contribution is -2.13. The Morgan fingerprint density at radius 3 is 2.65 bits per heavy atom. The first-order valence-electron chi connectivity index (χ1n) is 7.04. The maximum atomic E-state index is 13.8. The van der Waals surface area contributed by atoms with Crippen LogP contribution in [0, 0.1) is 12.7 Å². The van der Waals surface area contributed by atoms with E-state index >= 15 is 0 Å². The summed E-state index contributed by atoms with van der Waals surface area (Å²) in [5.74, 6) is 0.0361. The van der Waals surface area contributed by atoms with Crippen LogP contribution in [0.1, 0.15) is 22.8 Å². The number of methoxy groups -OCH3 is 1. The lowest BCUT2D eigenvalue weighted by atomic mass is 10.1. The van der Waals surface area contributed by atoms with Crippen molar-refractivity contribution in [1.29, 1.82) is 0 Å². The van der Waals surface area contributed by atoms with Crippen LogP contribution < -0.4 is 14.8 Å². The zero-order chi connectivity index (χ0) is 17.0. The van der Waals surface area contributed by atoms with Crippen LogP contribution in [0.4, 0.5) is 10.1 Å². The number of hydrogen-bond acceptors (Lipinski definition) is 3. The summed E-state index contributed by atoms with van der Waals surface area (Å²) in [7, 11) is 1.49. The van der Waals surface area contributed by atoms with Gasteiger partial charge in [-0.15, -0.1) is 0 Å². The molecule has 4 nitrogen and oxygen atoms in total. The van der Waals surface area contributed by atoms with Gasteiger partial charge in [0, 0.05) is 5.56 Å². The first-order valence-corrected chi connectivity index (χ1v) is 7.83. The van der Waals surface area contributed by atoms with Gasteiger partial charge in [-0.25, -0.2) is 4.39 Å². The highest BCUT2D eigenvalue weighted by molar-refractivity contribution is 9.10. The van der Waals surface area contributed by atoms with Crippen LogP contribution in [0.5, 0.6) is 11.5 Å². The van der Waals surface area contributed by atoms with Crippen molar-refractivity contribution in [2.24, 2.45) is 0 Å². The minimum Gasteiger partial charge on any atom is -0.493 e. The van der Waals surface area contributed by atoms with Gasteiger partial charge in [0.05, 0.1) is 23.9 Å². The van der Waals surface area contributed by atoms with Crippen molar-refractivity contribution in [2.75, 3.05) is 19.0 Å². The van der Waals surface area contributed by atoms with E-state index in [2.05, 4.69) is 21.2 Å². The molecule has 0 aliphatic heterocycles. The topological polar surface area (TPSA) is 47.6 Å². The molecule has 0 radical (unpaired) electrons. The van der Waals surface area contributed by atoms with Gasteiger partial charge in [-0.05, 0) is 59.6 Å². The highest BCUT2D eigenvalue weighted by Crippen LogP contribution is 2.36. The van der Waals surface area contributed by atoms with E-state index in [4.69, 9.17) is 9.47 Å². The molecule has 0 fully saturated rings. The third kappa shape index (κ3) is 4.01. The van der Waals surface area contributed by atoms with Gasteiger partial charge in [0.25, 0.3) is 5.91 Å². The lowest BCUT2D eigenvalue weighted by molar-refractivity contribution is 0.102. The van der Waals surface area contributed by atoms with Crippen molar-refractivity contribution in [3.63, 3.8) is 0 Å². The average molecular weight is 382 g/mol. The summed E-state index contributed by atoms with van der Waals surface area (Å²) < 4.78 is 25.2. The predicted molar refractivity (Wildman–Crippen MR) is 91.0 cm³/mol. The molecule has 0 bridgehead atoms. The number of amides is 1. The second-order valence-corrected chi connectivity index (χ2v) is 5.71. The Morgan fingerprint density at radius 1 is 1.30 bits per heavy atom. The van der Waals surface area contributed by atoms with E-state index in [0.717, 1.165) is 5.56 Å².